The van der Waals surface area contributed by atoms with Crippen LogP contribution in [0.1, 0.15) is 28.7 Å². The minimum atomic E-state index is 0. The van der Waals surface area contributed by atoms with Gasteiger partial charge in [-0.15, -0.1) is 35.3 Å². The number of benzene rings is 1. The largest absolute Gasteiger partial charge is 0.493 e. The Hall–Kier alpha value is -1.48. The molecule has 0 atom stereocenters. The molecule has 0 aliphatic carbocycles. The predicted octanol–water partition coefficient (Wildman–Crippen LogP) is 4.38. The Labute approximate surface area is 183 Å². The Morgan fingerprint density at radius 2 is 1.85 bits per heavy atom. The molecule has 2 rings (SSSR count). The number of thiophene rings is 1. The summed E-state index contributed by atoms with van der Waals surface area (Å²) in [5, 5.41) is 6.71. The summed E-state index contributed by atoms with van der Waals surface area (Å²) in [6, 6.07) is 10.4. The number of aryl methyl sites for hydroxylation is 2. The van der Waals surface area contributed by atoms with Crippen LogP contribution in [-0.4, -0.2) is 33.3 Å². The second-order valence-electron chi connectivity index (χ2n) is 5.93. The molecule has 2 N–H and O–H groups in total. The van der Waals surface area contributed by atoms with Crippen molar-refractivity contribution in [1.82, 2.24) is 10.6 Å². The summed E-state index contributed by atoms with van der Waals surface area (Å²) in [4.78, 5) is 7.26. The van der Waals surface area contributed by atoms with Gasteiger partial charge in [0.1, 0.15) is 0 Å². The standard InChI is InChI=1S/C20H29N3O2S.HI/c1-5-21-20(23-14-17-10-8-15(2)26-17)22-12-6-7-16-9-11-18(24-3)19(13-16)25-4;/h8-11,13H,5-7,12,14H2,1-4H3,(H2,21,22,23);1H. The van der Waals surface area contributed by atoms with Gasteiger partial charge in [0.25, 0.3) is 0 Å². The third-order valence-corrected chi connectivity index (χ3v) is 4.90. The van der Waals surface area contributed by atoms with Crippen LogP contribution < -0.4 is 20.1 Å². The van der Waals surface area contributed by atoms with Crippen molar-refractivity contribution in [2.45, 2.75) is 33.2 Å². The summed E-state index contributed by atoms with van der Waals surface area (Å²) in [5.41, 5.74) is 1.24. The van der Waals surface area contributed by atoms with Gasteiger partial charge in [0.05, 0.1) is 20.8 Å². The number of nitrogens with one attached hydrogen (secondary N) is 2. The maximum atomic E-state index is 5.36. The molecule has 0 spiro atoms. The quantitative estimate of drug-likeness (QED) is 0.231. The van der Waals surface area contributed by atoms with E-state index in [9.17, 15) is 0 Å². The van der Waals surface area contributed by atoms with Crippen molar-refractivity contribution < 1.29 is 9.47 Å². The lowest BCUT2D eigenvalue weighted by atomic mass is 10.1. The van der Waals surface area contributed by atoms with Crippen LogP contribution in [0.3, 0.4) is 0 Å². The van der Waals surface area contributed by atoms with Crippen LogP contribution in [0.25, 0.3) is 0 Å². The molecule has 0 saturated heterocycles. The van der Waals surface area contributed by atoms with Crippen LogP contribution in [0.4, 0.5) is 0 Å². The highest BCUT2D eigenvalue weighted by Gasteiger charge is 2.05. The molecule has 0 aliphatic heterocycles. The van der Waals surface area contributed by atoms with Crippen molar-refractivity contribution in [1.29, 1.82) is 0 Å². The van der Waals surface area contributed by atoms with E-state index in [0.29, 0.717) is 6.54 Å². The number of halogens is 1. The number of nitrogens with zero attached hydrogens (tertiary/aromatic N) is 1. The Balaban J connectivity index is 0.00000364. The van der Waals surface area contributed by atoms with Gasteiger partial charge in [-0.25, -0.2) is 4.99 Å². The number of hydrogen-bond acceptors (Lipinski definition) is 4. The van der Waals surface area contributed by atoms with E-state index in [0.717, 1.165) is 43.4 Å². The molecule has 7 heteroatoms. The maximum absolute atomic E-state index is 5.36. The van der Waals surface area contributed by atoms with Crippen molar-refractivity contribution in [3.8, 4) is 11.5 Å². The van der Waals surface area contributed by atoms with Gasteiger partial charge in [0.2, 0.25) is 0 Å². The van der Waals surface area contributed by atoms with E-state index in [-0.39, 0.29) is 24.0 Å². The molecule has 27 heavy (non-hydrogen) atoms. The van der Waals surface area contributed by atoms with Crippen LogP contribution in [0, 0.1) is 6.92 Å². The van der Waals surface area contributed by atoms with Gasteiger partial charge >= 0.3 is 0 Å². The van der Waals surface area contributed by atoms with Gasteiger partial charge in [-0.1, -0.05) is 6.07 Å². The first kappa shape index (κ1) is 23.6. The molecule has 1 aromatic heterocycles. The highest BCUT2D eigenvalue weighted by atomic mass is 127. The zero-order valence-electron chi connectivity index (χ0n) is 16.5. The van der Waals surface area contributed by atoms with Crippen molar-refractivity contribution in [2.24, 2.45) is 4.99 Å². The van der Waals surface area contributed by atoms with Crippen LogP contribution in [0.15, 0.2) is 35.3 Å². The van der Waals surface area contributed by atoms with Crippen molar-refractivity contribution in [3.63, 3.8) is 0 Å². The molecule has 0 bridgehead atoms. The molecule has 0 saturated carbocycles. The molecule has 5 nitrogen and oxygen atoms in total. The van der Waals surface area contributed by atoms with Crippen LogP contribution >= 0.6 is 35.3 Å². The van der Waals surface area contributed by atoms with Crippen LogP contribution in [0.2, 0.25) is 0 Å². The molecule has 0 unspecified atom stereocenters. The van der Waals surface area contributed by atoms with Gasteiger partial charge in [-0.3, -0.25) is 0 Å². The lowest BCUT2D eigenvalue weighted by Crippen LogP contribution is -2.37. The van der Waals surface area contributed by atoms with E-state index in [1.165, 1.54) is 15.3 Å². The van der Waals surface area contributed by atoms with E-state index >= 15 is 0 Å². The van der Waals surface area contributed by atoms with E-state index in [1.807, 2.05) is 12.1 Å². The van der Waals surface area contributed by atoms with E-state index in [4.69, 9.17) is 9.47 Å². The zero-order valence-corrected chi connectivity index (χ0v) is 19.6. The molecule has 2 aromatic rings. The predicted molar refractivity (Wildman–Crippen MR) is 125 cm³/mol. The van der Waals surface area contributed by atoms with E-state index in [1.54, 1.807) is 25.6 Å². The minimum absolute atomic E-state index is 0. The first-order valence-electron chi connectivity index (χ1n) is 8.94. The first-order chi connectivity index (χ1) is 12.7. The summed E-state index contributed by atoms with van der Waals surface area (Å²) >= 11 is 1.80. The van der Waals surface area contributed by atoms with Crippen molar-refractivity contribution in [2.75, 3.05) is 27.3 Å². The molecular weight excluding hydrogens is 473 g/mol. The molecule has 150 valence electrons. The van der Waals surface area contributed by atoms with Gasteiger partial charge in [-0.05, 0) is 56.5 Å². The van der Waals surface area contributed by atoms with E-state index in [2.05, 4.69) is 47.7 Å². The first-order valence-corrected chi connectivity index (χ1v) is 9.76. The van der Waals surface area contributed by atoms with Crippen molar-refractivity contribution in [3.05, 3.63) is 45.6 Å². The summed E-state index contributed by atoms with van der Waals surface area (Å²) in [6.07, 6.45) is 1.98. The topological polar surface area (TPSA) is 54.9 Å². The maximum Gasteiger partial charge on any atom is 0.191 e. The molecule has 0 aliphatic rings. The number of ether oxygens (including phenoxy) is 2. The van der Waals surface area contributed by atoms with Crippen LogP contribution in [0.5, 0.6) is 11.5 Å². The third-order valence-electron chi connectivity index (χ3n) is 3.92. The third kappa shape index (κ3) is 7.96. The second kappa shape index (κ2) is 12.8. The molecular formula is C20H30IN3O2S. The van der Waals surface area contributed by atoms with Crippen LogP contribution in [-0.2, 0) is 13.0 Å². The van der Waals surface area contributed by atoms with Gasteiger partial charge in [-0.2, -0.15) is 0 Å². The Morgan fingerprint density at radius 3 is 2.48 bits per heavy atom. The number of aliphatic imine (C=N–C) groups is 1. The molecule has 0 fully saturated rings. The molecule has 1 heterocycles. The lowest BCUT2D eigenvalue weighted by Gasteiger charge is -2.12. The molecule has 0 radical (unpaired) electrons. The Kier molecular flexibility index (Phi) is 11.2. The number of guanidine groups is 1. The SMILES string of the molecule is CCNC(=NCc1ccc(C)s1)NCCCc1ccc(OC)c(OC)c1.I. The fourth-order valence-electron chi connectivity index (χ4n) is 2.60. The fraction of sp³-hybridized carbons (Fsp3) is 0.450. The average molecular weight is 503 g/mol. The van der Waals surface area contributed by atoms with Gasteiger partial charge in [0, 0.05) is 22.8 Å². The summed E-state index contributed by atoms with van der Waals surface area (Å²) in [5.74, 6) is 2.41. The van der Waals surface area contributed by atoms with Crippen molar-refractivity contribution >= 4 is 41.3 Å². The highest BCUT2D eigenvalue weighted by Crippen LogP contribution is 2.27. The highest BCUT2D eigenvalue weighted by molar-refractivity contribution is 14.0. The Morgan fingerprint density at radius 1 is 1.07 bits per heavy atom. The van der Waals surface area contributed by atoms with Gasteiger partial charge < -0.3 is 20.1 Å². The molecule has 0 amide bonds. The summed E-state index contributed by atoms with van der Waals surface area (Å²) in [6.45, 7) is 6.63. The normalized spacial score (nSPS) is 10.9. The number of hydrogen-bond donors (Lipinski definition) is 2. The lowest BCUT2D eigenvalue weighted by molar-refractivity contribution is 0.354. The number of methoxy groups -OCH3 is 2. The Bertz CT molecular complexity index is 719. The number of rotatable bonds is 9. The smallest absolute Gasteiger partial charge is 0.191 e. The fourth-order valence-corrected chi connectivity index (χ4v) is 3.42. The summed E-state index contributed by atoms with van der Waals surface area (Å²) in [7, 11) is 3.32. The monoisotopic (exact) mass is 503 g/mol. The summed E-state index contributed by atoms with van der Waals surface area (Å²) < 4.78 is 10.6. The van der Waals surface area contributed by atoms with E-state index < -0.39 is 0 Å². The molecule has 1 aromatic carbocycles. The minimum Gasteiger partial charge on any atom is -0.493 e. The average Bonchev–Trinajstić information content (AvgIpc) is 3.08. The van der Waals surface area contributed by atoms with Gasteiger partial charge in [0.15, 0.2) is 17.5 Å². The second-order valence-corrected chi connectivity index (χ2v) is 7.30. The zero-order chi connectivity index (χ0) is 18.8.